The molecule has 0 saturated heterocycles. The molecule has 5 heteroatoms. The van der Waals surface area contributed by atoms with Crippen molar-refractivity contribution < 1.29 is 24.2 Å². The van der Waals surface area contributed by atoms with Crippen LogP contribution in [0.15, 0.2) is 72.9 Å². The monoisotopic (exact) mass is 1050 g/mol. The zero-order valence-electron chi connectivity index (χ0n) is 50.1. The minimum absolute atomic E-state index is 0.0766. The molecule has 0 aromatic rings. The van der Waals surface area contributed by atoms with Crippen molar-refractivity contribution in [2.24, 2.45) is 0 Å². The maximum Gasteiger partial charge on any atom is 0.306 e. The zero-order valence-corrected chi connectivity index (χ0v) is 50.1. The smallest absolute Gasteiger partial charge is 0.306 e. The highest BCUT2D eigenvalue weighted by atomic mass is 16.6. The molecule has 0 rings (SSSR count). The van der Waals surface area contributed by atoms with Crippen molar-refractivity contribution in [1.82, 2.24) is 0 Å². The maximum atomic E-state index is 12.3. The van der Waals surface area contributed by atoms with Gasteiger partial charge in [0, 0.05) is 12.8 Å². The molecule has 5 nitrogen and oxygen atoms in total. The topological polar surface area (TPSA) is 72.8 Å². The van der Waals surface area contributed by atoms with Crippen molar-refractivity contribution in [2.45, 2.75) is 347 Å². The summed E-state index contributed by atoms with van der Waals surface area (Å²) in [6.07, 6.45) is 90.8. The summed E-state index contributed by atoms with van der Waals surface area (Å²) in [5.41, 5.74) is 0. The fraction of sp³-hybridized carbons (Fsp3) is 0.800. The molecule has 0 aromatic carbocycles. The Morgan fingerprint density at radius 1 is 0.320 bits per heavy atom. The maximum absolute atomic E-state index is 12.3. The van der Waals surface area contributed by atoms with Crippen molar-refractivity contribution >= 4 is 11.9 Å². The van der Waals surface area contributed by atoms with Gasteiger partial charge in [-0.2, -0.15) is 0 Å². The minimum Gasteiger partial charge on any atom is -0.462 e. The number of carbonyl (C=O) groups is 2. The van der Waals surface area contributed by atoms with E-state index in [-0.39, 0.29) is 25.2 Å². The van der Waals surface area contributed by atoms with Gasteiger partial charge in [0.2, 0.25) is 0 Å². The van der Waals surface area contributed by atoms with Crippen LogP contribution in [0.5, 0.6) is 0 Å². The normalized spacial score (nSPS) is 12.6. The number of aliphatic hydroxyl groups excluding tert-OH is 1. The van der Waals surface area contributed by atoms with Crippen LogP contribution in [0.2, 0.25) is 0 Å². The fourth-order valence-electron chi connectivity index (χ4n) is 9.86. The van der Waals surface area contributed by atoms with Crippen LogP contribution < -0.4 is 0 Å². The molecule has 0 aliphatic rings. The molecule has 0 fully saturated rings. The van der Waals surface area contributed by atoms with Gasteiger partial charge >= 0.3 is 11.9 Å². The van der Waals surface area contributed by atoms with Gasteiger partial charge in [0.1, 0.15) is 6.61 Å². The summed E-state index contributed by atoms with van der Waals surface area (Å²) in [5, 5.41) is 9.67. The third-order valence-corrected chi connectivity index (χ3v) is 14.8. The number of unbranched alkanes of at least 4 members (excludes halogenated alkanes) is 41. The lowest BCUT2D eigenvalue weighted by Crippen LogP contribution is -2.28. The van der Waals surface area contributed by atoms with Gasteiger partial charge in [-0.05, 0) is 64.2 Å². The van der Waals surface area contributed by atoms with Crippen LogP contribution in [-0.4, -0.2) is 36.4 Å². The van der Waals surface area contributed by atoms with Crippen LogP contribution in [0.25, 0.3) is 0 Å². The van der Waals surface area contributed by atoms with Crippen molar-refractivity contribution in [1.29, 1.82) is 0 Å². The predicted molar refractivity (Wildman–Crippen MR) is 330 cm³/mol. The highest BCUT2D eigenvalue weighted by molar-refractivity contribution is 5.70. The average molecular weight is 1050 g/mol. The van der Waals surface area contributed by atoms with Crippen LogP contribution in [0, 0.1) is 0 Å². The van der Waals surface area contributed by atoms with Crippen LogP contribution in [0.4, 0.5) is 0 Å². The van der Waals surface area contributed by atoms with E-state index in [0.29, 0.717) is 12.8 Å². The van der Waals surface area contributed by atoms with Crippen molar-refractivity contribution in [3.05, 3.63) is 72.9 Å². The summed E-state index contributed by atoms with van der Waals surface area (Å²) in [6, 6.07) is 0. The summed E-state index contributed by atoms with van der Waals surface area (Å²) in [5.74, 6) is -0.609. The van der Waals surface area contributed by atoms with E-state index in [0.717, 1.165) is 89.9 Å². The molecule has 0 spiro atoms. The number of esters is 2. The molecule has 0 aromatic heterocycles. The molecule has 1 atom stereocenters. The molecule has 0 aliphatic carbocycles. The third kappa shape index (κ3) is 63.8. The van der Waals surface area contributed by atoms with Crippen molar-refractivity contribution in [2.75, 3.05) is 13.2 Å². The van der Waals surface area contributed by atoms with Crippen LogP contribution >= 0.6 is 0 Å². The third-order valence-electron chi connectivity index (χ3n) is 14.8. The number of allylic oxidation sites excluding steroid dienone is 12. The Kier molecular flexibility index (Phi) is 63.3. The molecule has 0 bridgehead atoms. The van der Waals surface area contributed by atoms with E-state index in [2.05, 4.69) is 86.8 Å². The summed E-state index contributed by atoms with van der Waals surface area (Å²) in [6.45, 7) is 4.04. The second-order valence-electron chi connectivity index (χ2n) is 22.2. The number of hydrogen-bond acceptors (Lipinski definition) is 5. The zero-order chi connectivity index (χ0) is 54.1. The molecule has 0 amide bonds. The quantitative estimate of drug-likeness (QED) is 0.0373. The van der Waals surface area contributed by atoms with E-state index in [1.807, 2.05) is 0 Å². The van der Waals surface area contributed by atoms with E-state index in [9.17, 15) is 14.7 Å². The lowest BCUT2D eigenvalue weighted by atomic mass is 10.0. The summed E-state index contributed by atoms with van der Waals surface area (Å²) in [7, 11) is 0. The van der Waals surface area contributed by atoms with Gasteiger partial charge in [0.25, 0.3) is 0 Å². The first-order chi connectivity index (χ1) is 37.1. The predicted octanol–water partition coefficient (Wildman–Crippen LogP) is 22.7. The molecular formula is C70H126O5. The molecule has 1 N–H and O–H groups in total. The van der Waals surface area contributed by atoms with Gasteiger partial charge in [-0.1, -0.05) is 337 Å². The summed E-state index contributed by atoms with van der Waals surface area (Å²) in [4.78, 5) is 24.6. The molecule has 0 heterocycles. The van der Waals surface area contributed by atoms with E-state index in [1.165, 1.54) is 225 Å². The van der Waals surface area contributed by atoms with Gasteiger partial charge in [0.05, 0.1) is 6.61 Å². The first-order valence-corrected chi connectivity index (χ1v) is 33.0. The fourth-order valence-corrected chi connectivity index (χ4v) is 9.86. The van der Waals surface area contributed by atoms with Crippen LogP contribution in [0.3, 0.4) is 0 Å². The Balaban J connectivity index is 3.42. The van der Waals surface area contributed by atoms with Gasteiger partial charge in [-0.15, -0.1) is 0 Å². The van der Waals surface area contributed by atoms with Crippen LogP contribution in [0.1, 0.15) is 341 Å². The number of hydrogen-bond donors (Lipinski definition) is 1. The lowest BCUT2D eigenvalue weighted by molar-refractivity contribution is -0.161. The highest BCUT2D eigenvalue weighted by Crippen LogP contribution is 2.18. The first-order valence-electron chi connectivity index (χ1n) is 33.0. The number of aliphatic hydroxyl groups is 1. The molecule has 0 aliphatic heterocycles. The molecular weight excluding hydrogens is 921 g/mol. The second kappa shape index (κ2) is 65.6. The summed E-state index contributed by atoms with van der Waals surface area (Å²) < 4.78 is 10.7. The molecule has 0 radical (unpaired) electrons. The first kappa shape index (κ1) is 72.3. The SMILES string of the molecule is CC/C=C\C/C=C\C/C=C\C/C=C\C/C=C\C/C=C\CCCCCCC(=O)OC(CO)COC(=O)CCCCCCCCCCCCCCCCCCCCCCCCCCCCCCCCCCCCCCCC. The van der Waals surface area contributed by atoms with Gasteiger partial charge < -0.3 is 14.6 Å². The van der Waals surface area contributed by atoms with Crippen LogP contribution in [-0.2, 0) is 19.1 Å². The van der Waals surface area contributed by atoms with E-state index < -0.39 is 6.10 Å². The van der Waals surface area contributed by atoms with Crippen molar-refractivity contribution in [3.8, 4) is 0 Å². The minimum atomic E-state index is -0.790. The Morgan fingerprint density at radius 3 is 0.867 bits per heavy atom. The molecule has 0 saturated carbocycles. The largest absolute Gasteiger partial charge is 0.462 e. The van der Waals surface area contributed by atoms with Gasteiger partial charge in [-0.25, -0.2) is 0 Å². The number of carbonyl (C=O) groups excluding carboxylic acids is 2. The second-order valence-corrected chi connectivity index (χ2v) is 22.2. The van der Waals surface area contributed by atoms with E-state index in [4.69, 9.17) is 9.47 Å². The highest BCUT2D eigenvalue weighted by Gasteiger charge is 2.16. The van der Waals surface area contributed by atoms with Gasteiger partial charge in [0.15, 0.2) is 6.10 Å². The van der Waals surface area contributed by atoms with Crippen molar-refractivity contribution in [3.63, 3.8) is 0 Å². The molecule has 436 valence electrons. The lowest BCUT2D eigenvalue weighted by Gasteiger charge is -2.15. The van der Waals surface area contributed by atoms with E-state index in [1.54, 1.807) is 0 Å². The summed E-state index contributed by atoms with van der Waals surface area (Å²) >= 11 is 0. The Hall–Kier alpha value is -2.66. The standard InChI is InChI=1S/C70H126O5/c1-3-5-7-9-11-13-15-17-19-21-23-25-27-28-29-30-31-32-33-34-35-36-37-38-39-40-41-43-44-46-48-50-52-54-56-58-60-62-64-69(72)74-67-68(66-71)75-70(73)65-63-61-59-57-55-53-51-49-47-45-42-26-24-22-20-18-16-14-12-10-8-6-4-2/h6,8,12,14,18,20,24,26,45,47,51,53,68,71H,3-5,7,9-11,13,15-17,19,21-23,25,27-44,46,48-50,52,54-67H2,1-2H3/b8-6-,14-12-,20-18-,26-24-,47-45-,53-51-. The Morgan fingerprint density at radius 2 is 0.573 bits per heavy atom. The molecule has 75 heavy (non-hydrogen) atoms. The van der Waals surface area contributed by atoms with Gasteiger partial charge in [-0.3, -0.25) is 9.59 Å². The average Bonchev–Trinajstić information content (AvgIpc) is 3.41. The number of rotatable bonds is 61. The Bertz CT molecular complexity index is 1320. The molecule has 1 unspecified atom stereocenters. The van der Waals surface area contributed by atoms with E-state index >= 15 is 0 Å². The Labute approximate surface area is 467 Å². The number of ether oxygens (including phenoxy) is 2.